The molecule has 2 N–H and O–H groups in total. The van der Waals surface area contributed by atoms with Crippen molar-refractivity contribution >= 4 is 17.6 Å². The number of amides is 3. The first-order valence-corrected chi connectivity index (χ1v) is 9.04. The first-order chi connectivity index (χ1) is 13.1. The molecule has 3 amide bonds. The highest BCUT2D eigenvalue weighted by Gasteiger charge is 2.61. The van der Waals surface area contributed by atoms with Crippen LogP contribution in [0, 0.1) is 17.2 Å². The number of pyridine rings is 1. The Bertz CT molecular complexity index is 843. The van der Waals surface area contributed by atoms with Gasteiger partial charge in [0.15, 0.2) is 0 Å². The number of hydrogen-bond acceptors (Lipinski definition) is 3. The fraction of sp³-hybridized carbons (Fsp3) is 0.350. The van der Waals surface area contributed by atoms with Gasteiger partial charge < -0.3 is 15.5 Å². The van der Waals surface area contributed by atoms with Crippen molar-refractivity contribution in [3.63, 3.8) is 0 Å². The van der Waals surface area contributed by atoms with E-state index in [4.69, 9.17) is 0 Å². The van der Waals surface area contributed by atoms with Gasteiger partial charge in [0.2, 0.25) is 5.91 Å². The third kappa shape index (κ3) is 3.77. The average molecular weight is 368 g/mol. The van der Waals surface area contributed by atoms with Crippen molar-refractivity contribution in [2.75, 3.05) is 18.4 Å². The van der Waals surface area contributed by atoms with E-state index < -0.39 is 0 Å². The summed E-state index contributed by atoms with van der Waals surface area (Å²) in [4.78, 5) is 30.6. The molecule has 0 bridgehead atoms. The minimum Gasteiger partial charge on any atom is -0.352 e. The molecular weight excluding hydrogens is 347 g/mol. The van der Waals surface area contributed by atoms with Crippen LogP contribution < -0.4 is 10.6 Å². The lowest BCUT2D eigenvalue weighted by atomic mass is 10.0. The maximum Gasteiger partial charge on any atom is 0.321 e. The molecule has 2 unspecified atom stereocenters. The van der Waals surface area contributed by atoms with E-state index >= 15 is 0 Å². The maximum absolute atomic E-state index is 13.0. The number of halogens is 1. The predicted molar refractivity (Wildman–Crippen MR) is 98.2 cm³/mol. The van der Waals surface area contributed by atoms with Gasteiger partial charge in [-0.05, 0) is 48.7 Å². The maximum atomic E-state index is 13.0. The van der Waals surface area contributed by atoms with E-state index in [0.717, 1.165) is 18.4 Å². The molecule has 1 aromatic heterocycles. The van der Waals surface area contributed by atoms with E-state index in [1.54, 1.807) is 17.3 Å². The molecule has 2 fully saturated rings. The van der Waals surface area contributed by atoms with Crippen LogP contribution in [0.5, 0.6) is 0 Å². The highest BCUT2D eigenvalue weighted by atomic mass is 19.1. The number of anilines is 1. The van der Waals surface area contributed by atoms with Gasteiger partial charge in [-0.1, -0.05) is 6.07 Å². The summed E-state index contributed by atoms with van der Waals surface area (Å²) in [5, 5.41) is 5.75. The molecule has 0 radical (unpaired) electrons. The van der Waals surface area contributed by atoms with E-state index in [9.17, 15) is 14.0 Å². The highest BCUT2D eigenvalue weighted by molar-refractivity contribution is 5.90. The van der Waals surface area contributed by atoms with Crippen LogP contribution in [0.25, 0.3) is 0 Å². The molecule has 2 atom stereocenters. The summed E-state index contributed by atoms with van der Waals surface area (Å²) in [6, 6.07) is 9.24. The summed E-state index contributed by atoms with van der Waals surface area (Å²) in [6.07, 6.45) is 5.08. The van der Waals surface area contributed by atoms with Crippen molar-refractivity contribution in [3.8, 4) is 0 Å². The second-order valence-corrected chi connectivity index (χ2v) is 7.31. The molecule has 6 nitrogen and oxygen atoms in total. The standard InChI is InChI=1S/C20H21FN4O2/c21-15-3-5-16(6-4-15)24-19(27)25-9-7-20(13-25)10-17(20)18(26)23-12-14-2-1-8-22-11-14/h1-6,8,11,17H,7,9-10,12-13H2,(H,23,26)(H,24,27). The van der Waals surface area contributed by atoms with E-state index in [0.29, 0.717) is 25.3 Å². The second-order valence-electron chi connectivity index (χ2n) is 7.31. The Balaban J connectivity index is 1.28. The van der Waals surface area contributed by atoms with Gasteiger partial charge >= 0.3 is 6.03 Å². The van der Waals surface area contributed by atoms with E-state index in [-0.39, 0.29) is 29.1 Å². The molecule has 1 aromatic carbocycles. The molecule has 2 aromatic rings. The molecule has 2 aliphatic rings. The smallest absolute Gasteiger partial charge is 0.321 e. The number of carbonyl (C=O) groups excluding carboxylic acids is 2. The number of nitrogens with one attached hydrogen (secondary N) is 2. The van der Waals surface area contributed by atoms with Gasteiger partial charge in [-0.2, -0.15) is 0 Å². The topological polar surface area (TPSA) is 74.3 Å². The Morgan fingerprint density at radius 1 is 1.26 bits per heavy atom. The molecule has 1 spiro atoms. The summed E-state index contributed by atoms with van der Waals surface area (Å²) < 4.78 is 13.0. The van der Waals surface area contributed by atoms with Crippen LogP contribution in [0.4, 0.5) is 14.9 Å². The van der Waals surface area contributed by atoms with Crippen LogP contribution in [0.1, 0.15) is 18.4 Å². The van der Waals surface area contributed by atoms with Gasteiger partial charge in [0.25, 0.3) is 0 Å². The summed E-state index contributed by atoms with van der Waals surface area (Å²) in [6.45, 7) is 1.67. The van der Waals surface area contributed by atoms with Gasteiger partial charge in [0.05, 0.1) is 0 Å². The Labute approximate surface area is 156 Å². The molecule has 1 aliphatic heterocycles. The molecule has 140 valence electrons. The molecule has 7 heteroatoms. The first-order valence-electron chi connectivity index (χ1n) is 9.04. The van der Waals surface area contributed by atoms with Crippen molar-refractivity contribution < 1.29 is 14.0 Å². The SMILES string of the molecule is O=C(NCc1cccnc1)C1CC12CCN(C(=O)Nc1ccc(F)cc1)C2. The van der Waals surface area contributed by atoms with Crippen molar-refractivity contribution in [2.45, 2.75) is 19.4 Å². The summed E-state index contributed by atoms with van der Waals surface area (Å²) in [5.74, 6) is -0.344. The number of nitrogens with zero attached hydrogens (tertiary/aromatic N) is 2. The lowest BCUT2D eigenvalue weighted by Crippen LogP contribution is -2.34. The van der Waals surface area contributed by atoms with Crippen molar-refractivity contribution in [3.05, 3.63) is 60.2 Å². The zero-order valence-electron chi connectivity index (χ0n) is 14.8. The molecule has 2 heterocycles. The fourth-order valence-corrected chi connectivity index (χ4v) is 3.79. The minimum absolute atomic E-state index is 0.0413. The van der Waals surface area contributed by atoms with Gasteiger partial charge in [0, 0.05) is 49.0 Å². The number of carbonyl (C=O) groups is 2. The first kappa shape index (κ1) is 17.5. The summed E-state index contributed by atoms with van der Waals surface area (Å²) in [5.41, 5.74) is 1.43. The van der Waals surface area contributed by atoms with Crippen molar-refractivity contribution in [1.82, 2.24) is 15.2 Å². The van der Waals surface area contributed by atoms with E-state index in [1.807, 2.05) is 12.1 Å². The Morgan fingerprint density at radius 2 is 2.07 bits per heavy atom. The Hall–Kier alpha value is -2.96. The Morgan fingerprint density at radius 3 is 2.81 bits per heavy atom. The van der Waals surface area contributed by atoms with E-state index in [1.165, 1.54) is 24.3 Å². The number of likely N-dealkylation sites (tertiary alicyclic amines) is 1. The normalized spacial score (nSPS) is 23.3. The van der Waals surface area contributed by atoms with Crippen LogP contribution in [0.3, 0.4) is 0 Å². The van der Waals surface area contributed by atoms with Crippen LogP contribution in [-0.2, 0) is 11.3 Å². The molecular formula is C20H21FN4O2. The Kier molecular flexibility index (Phi) is 4.51. The van der Waals surface area contributed by atoms with Gasteiger partial charge in [0.1, 0.15) is 5.82 Å². The van der Waals surface area contributed by atoms with Crippen LogP contribution in [0.2, 0.25) is 0 Å². The van der Waals surface area contributed by atoms with Gasteiger partial charge in [-0.3, -0.25) is 9.78 Å². The minimum atomic E-state index is -0.341. The summed E-state index contributed by atoms with van der Waals surface area (Å²) >= 11 is 0. The summed E-state index contributed by atoms with van der Waals surface area (Å²) in [7, 11) is 0. The molecule has 27 heavy (non-hydrogen) atoms. The van der Waals surface area contributed by atoms with Crippen molar-refractivity contribution in [1.29, 1.82) is 0 Å². The van der Waals surface area contributed by atoms with Crippen LogP contribution in [0.15, 0.2) is 48.8 Å². The zero-order valence-corrected chi connectivity index (χ0v) is 14.8. The van der Waals surface area contributed by atoms with Gasteiger partial charge in [-0.15, -0.1) is 0 Å². The fourth-order valence-electron chi connectivity index (χ4n) is 3.79. The zero-order chi connectivity index (χ0) is 18.9. The van der Waals surface area contributed by atoms with Gasteiger partial charge in [-0.25, -0.2) is 9.18 Å². The monoisotopic (exact) mass is 368 g/mol. The lowest BCUT2D eigenvalue weighted by Gasteiger charge is -2.17. The number of hydrogen-bond donors (Lipinski definition) is 2. The number of rotatable bonds is 4. The van der Waals surface area contributed by atoms with Crippen molar-refractivity contribution in [2.24, 2.45) is 11.3 Å². The number of urea groups is 1. The molecule has 1 saturated heterocycles. The molecule has 1 saturated carbocycles. The molecule has 1 aliphatic carbocycles. The number of benzene rings is 1. The second kappa shape index (κ2) is 6.98. The average Bonchev–Trinajstić information content (AvgIpc) is 3.22. The molecule has 4 rings (SSSR count). The highest BCUT2D eigenvalue weighted by Crippen LogP contribution is 2.58. The predicted octanol–water partition coefficient (Wildman–Crippen LogP) is 2.78. The third-order valence-corrected chi connectivity index (χ3v) is 5.46. The largest absolute Gasteiger partial charge is 0.352 e. The number of aromatic nitrogens is 1. The lowest BCUT2D eigenvalue weighted by molar-refractivity contribution is -0.123. The van der Waals surface area contributed by atoms with Crippen LogP contribution in [-0.4, -0.2) is 34.9 Å². The van der Waals surface area contributed by atoms with Crippen LogP contribution >= 0.6 is 0 Å². The third-order valence-electron chi connectivity index (χ3n) is 5.46. The quantitative estimate of drug-likeness (QED) is 0.871. The van der Waals surface area contributed by atoms with E-state index in [2.05, 4.69) is 15.6 Å².